The number of benzene rings is 2. The van der Waals surface area contributed by atoms with Gasteiger partial charge < -0.3 is 10.6 Å². The molecule has 0 radical (unpaired) electrons. The summed E-state index contributed by atoms with van der Waals surface area (Å²) >= 11 is 9.58. The molecule has 0 fully saturated rings. The fourth-order valence-electron chi connectivity index (χ4n) is 2.05. The highest BCUT2D eigenvalue weighted by atomic mass is 79.9. The van der Waals surface area contributed by atoms with Crippen LogP contribution in [-0.2, 0) is 0 Å². The van der Waals surface area contributed by atoms with Gasteiger partial charge in [-0.1, -0.05) is 39.7 Å². The fraction of sp³-hybridized carbons (Fsp3) is 0.0588. The van der Waals surface area contributed by atoms with Gasteiger partial charge in [-0.2, -0.15) is 4.98 Å². The van der Waals surface area contributed by atoms with Crippen LogP contribution in [0.15, 0.2) is 59.1 Å². The molecular formula is C17H14BrClN4. The van der Waals surface area contributed by atoms with E-state index < -0.39 is 0 Å². The summed E-state index contributed by atoms with van der Waals surface area (Å²) in [7, 11) is 0. The highest BCUT2D eigenvalue weighted by molar-refractivity contribution is 9.10. The number of halogens is 2. The van der Waals surface area contributed by atoms with Crippen LogP contribution in [0.3, 0.4) is 0 Å². The zero-order valence-corrected chi connectivity index (χ0v) is 14.7. The molecule has 2 N–H and O–H groups in total. The van der Waals surface area contributed by atoms with Gasteiger partial charge in [-0.05, 0) is 43.3 Å². The number of rotatable bonds is 4. The Morgan fingerprint density at radius 1 is 0.957 bits per heavy atom. The quantitative estimate of drug-likeness (QED) is 0.602. The van der Waals surface area contributed by atoms with Crippen molar-refractivity contribution in [3.8, 4) is 0 Å². The number of nitrogens with zero attached hydrogens (tertiary/aromatic N) is 2. The Bertz CT molecular complexity index is 821. The van der Waals surface area contributed by atoms with Crippen LogP contribution in [-0.4, -0.2) is 9.97 Å². The first-order chi connectivity index (χ1) is 11.1. The largest absolute Gasteiger partial charge is 0.340 e. The van der Waals surface area contributed by atoms with Gasteiger partial charge >= 0.3 is 0 Å². The summed E-state index contributed by atoms with van der Waals surface area (Å²) in [6, 6.07) is 17.3. The molecule has 0 saturated heterocycles. The molecule has 1 aromatic heterocycles. The van der Waals surface area contributed by atoms with Crippen molar-refractivity contribution < 1.29 is 0 Å². The average Bonchev–Trinajstić information content (AvgIpc) is 2.51. The number of hydrogen-bond acceptors (Lipinski definition) is 4. The Hall–Kier alpha value is -2.11. The van der Waals surface area contributed by atoms with Crippen LogP contribution < -0.4 is 10.6 Å². The SMILES string of the molecule is Cc1cc(Nc2ccc(Br)cc2)nc(Nc2ccccc2Cl)n1. The van der Waals surface area contributed by atoms with Gasteiger partial charge in [-0.25, -0.2) is 4.98 Å². The molecule has 0 aliphatic carbocycles. The lowest BCUT2D eigenvalue weighted by molar-refractivity contribution is 1.11. The van der Waals surface area contributed by atoms with E-state index in [1.807, 2.05) is 61.5 Å². The van der Waals surface area contributed by atoms with E-state index in [9.17, 15) is 0 Å². The van der Waals surface area contributed by atoms with Crippen molar-refractivity contribution >= 4 is 50.7 Å². The molecule has 1 heterocycles. The van der Waals surface area contributed by atoms with E-state index in [2.05, 4.69) is 36.5 Å². The molecule has 0 bridgehead atoms. The van der Waals surface area contributed by atoms with Gasteiger partial charge in [-0.15, -0.1) is 0 Å². The molecule has 0 aliphatic heterocycles. The van der Waals surface area contributed by atoms with E-state index in [1.165, 1.54) is 0 Å². The van der Waals surface area contributed by atoms with Crippen LogP contribution in [0.25, 0.3) is 0 Å². The Morgan fingerprint density at radius 2 is 1.70 bits per heavy atom. The molecule has 2 aromatic carbocycles. The second kappa shape index (κ2) is 6.98. The summed E-state index contributed by atoms with van der Waals surface area (Å²) in [5, 5.41) is 7.04. The topological polar surface area (TPSA) is 49.8 Å². The van der Waals surface area contributed by atoms with E-state index >= 15 is 0 Å². The Morgan fingerprint density at radius 3 is 2.43 bits per heavy atom. The molecule has 0 aliphatic rings. The van der Waals surface area contributed by atoms with Crippen molar-refractivity contribution in [1.29, 1.82) is 0 Å². The summed E-state index contributed by atoms with van der Waals surface area (Å²) in [5.41, 5.74) is 2.58. The maximum atomic E-state index is 6.16. The Labute approximate surface area is 148 Å². The van der Waals surface area contributed by atoms with Crippen molar-refractivity contribution in [2.45, 2.75) is 6.92 Å². The maximum Gasteiger partial charge on any atom is 0.229 e. The normalized spacial score (nSPS) is 10.4. The first-order valence-corrected chi connectivity index (χ1v) is 8.17. The van der Waals surface area contributed by atoms with E-state index in [0.29, 0.717) is 11.0 Å². The number of aryl methyl sites for hydroxylation is 1. The number of hydrogen-bond donors (Lipinski definition) is 2. The van der Waals surface area contributed by atoms with Gasteiger partial charge in [0.25, 0.3) is 0 Å². The number of nitrogens with one attached hydrogen (secondary N) is 2. The van der Waals surface area contributed by atoms with Crippen LogP contribution in [0.2, 0.25) is 5.02 Å². The number of aromatic nitrogens is 2. The van der Waals surface area contributed by atoms with Gasteiger partial charge in [0.1, 0.15) is 5.82 Å². The van der Waals surface area contributed by atoms with Crippen molar-refractivity contribution in [3.05, 3.63) is 69.8 Å². The highest BCUT2D eigenvalue weighted by Gasteiger charge is 2.05. The zero-order chi connectivity index (χ0) is 16.2. The van der Waals surface area contributed by atoms with Gasteiger partial charge in [0.2, 0.25) is 5.95 Å². The van der Waals surface area contributed by atoms with Crippen LogP contribution in [0.5, 0.6) is 0 Å². The van der Waals surface area contributed by atoms with E-state index in [-0.39, 0.29) is 0 Å². The van der Waals surface area contributed by atoms with Crippen molar-refractivity contribution in [2.24, 2.45) is 0 Å². The molecule has 3 rings (SSSR count). The highest BCUT2D eigenvalue weighted by Crippen LogP contribution is 2.25. The predicted molar refractivity (Wildman–Crippen MR) is 98.9 cm³/mol. The van der Waals surface area contributed by atoms with Gasteiger partial charge in [-0.3, -0.25) is 0 Å². The summed E-state index contributed by atoms with van der Waals surface area (Å²) in [6.45, 7) is 1.92. The maximum absolute atomic E-state index is 6.16. The molecule has 116 valence electrons. The lowest BCUT2D eigenvalue weighted by atomic mass is 10.3. The van der Waals surface area contributed by atoms with Crippen LogP contribution >= 0.6 is 27.5 Å². The Kier molecular flexibility index (Phi) is 4.79. The molecule has 23 heavy (non-hydrogen) atoms. The molecule has 0 unspecified atom stereocenters. The van der Waals surface area contributed by atoms with Crippen molar-refractivity contribution in [2.75, 3.05) is 10.6 Å². The van der Waals surface area contributed by atoms with Gasteiger partial charge in [0.05, 0.1) is 10.7 Å². The molecule has 0 amide bonds. The van der Waals surface area contributed by atoms with Crippen LogP contribution in [0.1, 0.15) is 5.69 Å². The minimum Gasteiger partial charge on any atom is -0.340 e. The molecule has 0 spiro atoms. The van der Waals surface area contributed by atoms with Crippen molar-refractivity contribution in [1.82, 2.24) is 9.97 Å². The molecular weight excluding hydrogens is 376 g/mol. The number of anilines is 4. The summed E-state index contributed by atoms with van der Waals surface area (Å²) in [4.78, 5) is 8.88. The molecule has 0 atom stereocenters. The van der Waals surface area contributed by atoms with E-state index in [4.69, 9.17) is 11.6 Å². The standard InChI is InChI=1S/C17H14BrClN4/c1-11-10-16(21-13-8-6-12(18)7-9-13)23-17(20-11)22-15-5-3-2-4-14(15)19/h2-10H,1H3,(H2,20,21,22,23). The zero-order valence-electron chi connectivity index (χ0n) is 12.3. The third kappa shape index (κ3) is 4.21. The summed E-state index contributed by atoms with van der Waals surface area (Å²) < 4.78 is 1.03. The summed E-state index contributed by atoms with van der Waals surface area (Å²) in [5.74, 6) is 1.21. The number of para-hydroxylation sites is 1. The van der Waals surface area contributed by atoms with Gasteiger partial charge in [0, 0.05) is 21.9 Å². The molecule has 4 nitrogen and oxygen atoms in total. The van der Waals surface area contributed by atoms with Crippen LogP contribution in [0, 0.1) is 6.92 Å². The van der Waals surface area contributed by atoms with Gasteiger partial charge in [0.15, 0.2) is 0 Å². The fourth-order valence-corrected chi connectivity index (χ4v) is 2.50. The second-order valence-corrected chi connectivity index (χ2v) is 6.28. The minimum atomic E-state index is 0.498. The first kappa shape index (κ1) is 15.8. The third-order valence-electron chi connectivity index (χ3n) is 3.09. The third-order valence-corrected chi connectivity index (χ3v) is 3.95. The Balaban J connectivity index is 1.84. The molecule has 3 aromatic rings. The summed E-state index contributed by atoms with van der Waals surface area (Å²) in [6.07, 6.45) is 0. The molecule has 0 saturated carbocycles. The second-order valence-electron chi connectivity index (χ2n) is 4.95. The lowest BCUT2D eigenvalue weighted by Gasteiger charge is -2.11. The monoisotopic (exact) mass is 388 g/mol. The van der Waals surface area contributed by atoms with E-state index in [0.717, 1.165) is 27.4 Å². The predicted octanol–water partition coefficient (Wildman–Crippen LogP) is 5.69. The van der Waals surface area contributed by atoms with Crippen LogP contribution in [0.4, 0.5) is 23.1 Å². The smallest absolute Gasteiger partial charge is 0.229 e. The van der Waals surface area contributed by atoms with Crippen molar-refractivity contribution in [3.63, 3.8) is 0 Å². The minimum absolute atomic E-state index is 0.498. The average molecular weight is 390 g/mol. The van der Waals surface area contributed by atoms with E-state index in [1.54, 1.807) is 0 Å². The lowest BCUT2D eigenvalue weighted by Crippen LogP contribution is -2.02. The first-order valence-electron chi connectivity index (χ1n) is 7.00. The molecule has 6 heteroatoms.